The van der Waals surface area contributed by atoms with Crippen LogP contribution < -0.4 is 5.32 Å². The molecule has 1 aromatic rings. The number of hydrogen-bond acceptors (Lipinski definition) is 12. The molecule has 0 aromatic heterocycles. The van der Waals surface area contributed by atoms with Crippen LogP contribution in [0.5, 0.6) is 0 Å². The highest BCUT2D eigenvalue weighted by atomic mass is 16.6. The first kappa shape index (κ1) is 40.8. The maximum Gasteiger partial charge on any atom is 0.407 e. The minimum absolute atomic E-state index is 0.196. The second-order valence-electron chi connectivity index (χ2n) is 12.0. The van der Waals surface area contributed by atoms with E-state index in [1.807, 2.05) is 51.1 Å². The molecule has 1 aliphatic rings. The largest absolute Gasteiger partial charge is 0.460 e. The van der Waals surface area contributed by atoms with Crippen LogP contribution >= 0.6 is 0 Å². The van der Waals surface area contributed by atoms with Crippen molar-refractivity contribution in [3.05, 3.63) is 35.9 Å². The Labute approximate surface area is 281 Å². The number of carbonyl (C=O) groups is 2. The number of nitrogens with one attached hydrogen (secondary N) is 1. The van der Waals surface area contributed by atoms with Crippen LogP contribution in [0.25, 0.3) is 0 Å². The molecule has 2 rings (SSSR count). The van der Waals surface area contributed by atoms with E-state index < -0.39 is 11.7 Å². The molecule has 0 atom stereocenters. The molecular formula is C34H59N3O10. The maximum absolute atomic E-state index is 11.7. The summed E-state index contributed by atoms with van der Waals surface area (Å²) in [6.07, 6.45) is 0.551. The zero-order valence-corrected chi connectivity index (χ0v) is 28.9. The number of carbonyl (C=O) groups excluding carboxylic acids is 2. The van der Waals surface area contributed by atoms with E-state index in [1.165, 1.54) is 0 Å². The van der Waals surface area contributed by atoms with Crippen molar-refractivity contribution >= 4 is 12.1 Å². The van der Waals surface area contributed by atoms with Crippen LogP contribution in [0.2, 0.25) is 0 Å². The molecule has 0 aliphatic carbocycles. The minimum Gasteiger partial charge on any atom is -0.460 e. The molecule has 0 spiro atoms. The average Bonchev–Trinajstić information content (AvgIpc) is 3.05. The number of hydrogen-bond donors (Lipinski definition) is 1. The molecule has 0 unspecified atom stereocenters. The second-order valence-corrected chi connectivity index (χ2v) is 12.0. The smallest absolute Gasteiger partial charge is 0.407 e. The van der Waals surface area contributed by atoms with Gasteiger partial charge in [-0.2, -0.15) is 0 Å². The van der Waals surface area contributed by atoms with Crippen molar-refractivity contribution < 1.29 is 47.5 Å². The Bertz CT molecular complexity index is 911. The molecule has 13 heteroatoms. The van der Waals surface area contributed by atoms with Gasteiger partial charge >= 0.3 is 12.1 Å². The van der Waals surface area contributed by atoms with Crippen LogP contribution in [0.15, 0.2) is 30.3 Å². The van der Waals surface area contributed by atoms with Gasteiger partial charge < -0.3 is 43.2 Å². The predicted molar refractivity (Wildman–Crippen MR) is 178 cm³/mol. The first-order valence-electron chi connectivity index (χ1n) is 16.9. The molecule has 1 amide bonds. The summed E-state index contributed by atoms with van der Waals surface area (Å²) < 4.78 is 43.9. The van der Waals surface area contributed by atoms with Gasteiger partial charge in [0, 0.05) is 58.8 Å². The average molecular weight is 670 g/mol. The molecule has 1 heterocycles. The van der Waals surface area contributed by atoms with E-state index >= 15 is 0 Å². The summed E-state index contributed by atoms with van der Waals surface area (Å²) in [5.41, 5.74) is 0.504. The fourth-order valence-electron chi connectivity index (χ4n) is 4.42. The third-order valence-corrected chi connectivity index (χ3v) is 6.87. The van der Waals surface area contributed by atoms with E-state index in [9.17, 15) is 9.59 Å². The topological polar surface area (TPSA) is 126 Å². The Morgan fingerprint density at radius 1 is 0.660 bits per heavy atom. The van der Waals surface area contributed by atoms with Gasteiger partial charge in [-0.1, -0.05) is 30.3 Å². The van der Waals surface area contributed by atoms with Crippen molar-refractivity contribution in [2.75, 3.05) is 125 Å². The third-order valence-electron chi connectivity index (χ3n) is 6.87. The lowest BCUT2D eigenvalue weighted by molar-refractivity contribution is -0.155. The van der Waals surface area contributed by atoms with Gasteiger partial charge in [0.25, 0.3) is 0 Å². The number of benzene rings is 1. The molecule has 1 aliphatic heterocycles. The molecule has 0 radical (unpaired) electrons. The van der Waals surface area contributed by atoms with Crippen molar-refractivity contribution in [1.82, 2.24) is 15.1 Å². The summed E-state index contributed by atoms with van der Waals surface area (Å²) in [4.78, 5) is 28.2. The Balaban J connectivity index is 1.25. The Kier molecular flexibility index (Phi) is 23.1. The van der Waals surface area contributed by atoms with Gasteiger partial charge in [-0.05, 0) is 32.8 Å². The Morgan fingerprint density at radius 3 is 1.64 bits per heavy atom. The summed E-state index contributed by atoms with van der Waals surface area (Å²) >= 11 is 0. The van der Waals surface area contributed by atoms with Crippen molar-refractivity contribution in [1.29, 1.82) is 0 Å². The Morgan fingerprint density at radius 2 is 1.13 bits per heavy atom. The normalized spacial score (nSPS) is 14.3. The Hall–Kier alpha value is -2.36. The quantitative estimate of drug-likeness (QED) is 0.109. The monoisotopic (exact) mass is 669 g/mol. The number of piperazine rings is 1. The van der Waals surface area contributed by atoms with E-state index in [4.69, 9.17) is 37.9 Å². The van der Waals surface area contributed by atoms with Gasteiger partial charge in [0.05, 0.1) is 72.7 Å². The van der Waals surface area contributed by atoms with Crippen LogP contribution in [0.4, 0.5) is 4.79 Å². The number of ether oxygens (including phenoxy) is 8. The van der Waals surface area contributed by atoms with E-state index in [0.717, 1.165) is 44.8 Å². The first-order valence-corrected chi connectivity index (χ1v) is 16.9. The van der Waals surface area contributed by atoms with Gasteiger partial charge in [-0.3, -0.25) is 14.6 Å². The molecule has 47 heavy (non-hydrogen) atoms. The molecule has 1 aromatic carbocycles. The van der Waals surface area contributed by atoms with Crippen molar-refractivity contribution in [2.24, 2.45) is 0 Å². The molecule has 1 fully saturated rings. The fourth-order valence-corrected chi connectivity index (χ4v) is 4.42. The van der Waals surface area contributed by atoms with Crippen LogP contribution in [0, 0.1) is 0 Å². The number of rotatable bonds is 27. The van der Waals surface area contributed by atoms with Crippen LogP contribution in [-0.4, -0.2) is 153 Å². The van der Waals surface area contributed by atoms with Crippen LogP contribution in [-0.2, 0) is 49.3 Å². The van der Waals surface area contributed by atoms with E-state index in [2.05, 4.69) is 15.1 Å². The maximum atomic E-state index is 11.7. The molecule has 0 bridgehead atoms. The van der Waals surface area contributed by atoms with Crippen molar-refractivity contribution in [2.45, 2.75) is 45.8 Å². The van der Waals surface area contributed by atoms with Crippen LogP contribution in [0.1, 0.15) is 39.2 Å². The number of amides is 1. The third kappa shape index (κ3) is 24.4. The molecular weight excluding hydrogens is 610 g/mol. The predicted octanol–water partition coefficient (Wildman–Crippen LogP) is 2.75. The SMILES string of the molecule is CC(C)(C)OC(=O)CCCOCCOCCOCCOCCN1CCN(CCOCCOCCNC(=O)OCc2ccccc2)CC1. The molecule has 1 N–H and O–H groups in total. The molecule has 0 saturated carbocycles. The molecule has 13 nitrogen and oxygen atoms in total. The van der Waals surface area contributed by atoms with E-state index in [1.54, 1.807) is 0 Å². The molecule has 1 saturated heterocycles. The minimum atomic E-state index is -0.449. The lowest BCUT2D eigenvalue weighted by Gasteiger charge is -2.34. The summed E-state index contributed by atoms with van der Waals surface area (Å²) in [6, 6.07) is 9.56. The highest BCUT2D eigenvalue weighted by molar-refractivity contribution is 5.69. The summed E-state index contributed by atoms with van der Waals surface area (Å²) in [6.45, 7) is 18.6. The van der Waals surface area contributed by atoms with Gasteiger partial charge in [0.15, 0.2) is 0 Å². The van der Waals surface area contributed by atoms with Gasteiger partial charge in [0.1, 0.15) is 12.2 Å². The van der Waals surface area contributed by atoms with Gasteiger partial charge in [0.2, 0.25) is 0 Å². The molecule has 270 valence electrons. The zero-order valence-electron chi connectivity index (χ0n) is 28.9. The summed E-state index contributed by atoms with van der Waals surface area (Å²) in [7, 11) is 0. The van der Waals surface area contributed by atoms with Crippen molar-refractivity contribution in [3.63, 3.8) is 0 Å². The second kappa shape index (κ2) is 26.6. The zero-order chi connectivity index (χ0) is 33.8. The van der Waals surface area contributed by atoms with Gasteiger partial charge in [-0.25, -0.2) is 4.79 Å². The van der Waals surface area contributed by atoms with Crippen molar-refractivity contribution in [3.8, 4) is 0 Å². The van der Waals surface area contributed by atoms with Gasteiger partial charge in [-0.15, -0.1) is 0 Å². The fraction of sp³-hybridized carbons (Fsp3) is 0.765. The first-order chi connectivity index (χ1) is 22.8. The lowest BCUT2D eigenvalue weighted by atomic mass is 10.2. The number of nitrogens with zero attached hydrogens (tertiary/aromatic N) is 2. The number of esters is 1. The van der Waals surface area contributed by atoms with E-state index in [0.29, 0.717) is 98.7 Å². The van der Waals surface area contributed by atoms with Crippen LogP contribution in [0.3, 0.4) is 0 Å². The highest BCUT2D eigenvalue weighted by Crippen LogP contribution is 2.09. The number of alkyl carbamates (subject to hydrolysis) is 1. The highest BCUT2D eigenvalue weighted by Gasteiger charge is 2.17. The summed E-state index contributed by atoms with van der Waals surface area (Å²) in [5.74, 6) is -0.196. The lowest BCUT2D eigenvalue weighted by Crippen LogP contribution is -2.48. The summed E-state index contributed by atoms with van der Waals surface area (Å²) in [5, 5.41) is 2.68. The standard InChI is InChI=1S/C34H59N3O10/c1-34(2,3)47-32(38)10-7-18-40-22-26-44-28-29-45-27-25-43-21-17-37-14-12-36(13-15-37)16-20-42-24-23-41-19-11-35-33(39)46-30-31-8-5-4-6-9-31/h4-6,8-9H,7,10-30H2,1-3H3,(H,35,39). The van der Waals surface area contributed by atoms with E-state index in [-0.39, 0.29) is 12.6 Å².